The second kappa shape index (κ2) is 6.29. The van der Waals surface area contributed by atoms with Crippen molar-refractivity contribution >= 4 is 10.0 Å². The Balaban J connectivity index is 1.66. The molecule has 3 rings (SSSR count). The van der Waals surface area contributed by atoms with E-state index in [0.29, 0.717) is 11.7 Å². The first-order chi connectivity index (χ1) is 11.3. The third-order valence-electron chi connectivity index (χ3n) is 4.48. The van der Waals surface area contributed by atoms with Gasteiger partial charge in [-0.1, -0.05) is 38.1 Å². The van der Waals surface area contributed by atoms with Crippen LogP contribution in [-0.4, -0.2) is 23.4 Å². The number of benzene rings is 1. The topological polar surface area (TPSA) is 76.9 Å². The van der Waals surface area contributed by atoms with Gasteiger partial charge >= 0.3 is 0 Å². The highest BCUT2D eigenvalue weighted by Crippen LogP contribution is 2.30. The molecule has 130 valence electrons. The van der Waals surface area contributed by atoms with Crippen molar-refractivity contribution in [3.63, 3.8) is 0 Å². The Morgan fingerprint density at radius 1 is 1.21 bits per heavy atom. The van der Waals surface area contributed by atoms with Gasteiger partial charge in [0.15, 0.2) is 0 Å². The summed E-state index contributed by atoms with van der Waals surface area (Å²) in [6.07, 6.45) is 5.29. The molecular weight excluding hydrogens is 324 g/mol. The fraction of sp³-hybridized carbons (Fsp3) is 0.529. The average molecular weight is 348 g/mol. The SMILES string of the molecule is CC(C)(C)c1ccc(S(=O)(=O)NCc2cn(C3CCC3)nn2)cc1. The molecule has 1 saturated carbocycles. The van der Waals surface area contributed by atoms with Gasteiger partial charge in [-0.2, -0.15) is 0 Å². The van der Waals surface area contributed by atoms with Crippen LogP contribution in [-0.2, 0) is 22.0 Å². The van der Waals surface area contributed by atoms with Crippen molar-refractivity contribution in [2.45, 2.75) is 62.9 Å². The van der Waals surface area contributed by atoms with E-state index in [1.807, 2.05) is 23.0 Å². The van der Waals surface area contributed by atoms with Crippen molar-refractivity contribution in [2.24, 2.45) is 0 Å². The summed E-state index contributed by atoms with van der Waals surface area (Å²) >= 11 is 0. The molecule has 1 aliphatic rings. The number of aromatic nitrogens is 3. The highest BCUT2D eigenvalue weighted by molar-refractivity contribution is 7.89. The molecule has 0 aliphatic heterocycles. The Labute approximate surface area is 143 Å². The molecule has 1 heterocycles. The van der Waals surface area contributed by atoms with Gasteiger partial charge in [-0.15, -0.1) is 5.10 Å². The summed E-state index contributed by atoms with van der Waals surface area (Å²) < 4.78 is 29.2. The van der Waals surface area contributed by atoms with Crippen LogP contribution in [0.25, 0.3) is 0 Å². The van der Waals surface area contributed by atoms with Crippen LogP contribution in [0, 0.1) is 0 Å². The van der Waals surface area contributed by atoms with Crippen molar-refractivity contribution < 1.29 is 8.42 Å². The molecule has 0 bridgehead atoms. The number of hydrogen-bond donors (Lipinski definition) is 1. The van der Waals surface area contributed by atoms with Crippen LogP contribution in [0.5, 0.6) is 0 Å². The van der Waals surface area contributed by atoms with Gasteiger partial charge in [0.25, 0.3) is 0 Å². The van der Waals surface area contributed by atoms with Gasteiger partial charge in [-0.05, 0) is 42.4 Å². The molecule has 0 spiro atoms. The molecule has 0 amide bonds. The Hall–Kier alpha value is -1.73. The minimum atomic E-state index is -3.55. The van der Waals surface area contributed by atoms with E-state index in [2.05, 4.69) is 35.8 Å². The van der Waals surface area contributed by atoms with Crippen LogP contribution in [0.2, 0.25) is 0 Å². The van der Waals surface area contributed by atoms with Crippen LogP contribution < -0.4 is 4.72 Å². The summed E-state index contributed by atoms with van der Waals surface area (Å²) in [6, 6.07) is 7.44. The van der Waals surface area contributed by atoms with Crippen LogP contribution in [0.4, 0.5) is 0 Å². The van der Waals surface area contributed by atoms with E-state index in [1.54, 1.807) is 12.1 Å². The first-order valence-corrected chi connectivity index (χ1v) is 9.75. The number of nitrogens with zero attached hydrogens (tertiary/aromatic N) is 3. The lowest BCUT2D eigenvalue weighted by atomic mass is 9.87. The van der Waals surface area contributed by atoms with Crippen LogP contribution >= 0.6 is 0 Å². The number of sulfonamides is 1. The van der Waals surface area contributed by atoms with Crippen LogP contribution in [0.15, 0.2) is 35.4 Å². The average Bonchev–Trinajstić information content (AvgIpc) is 2.91. The predicted molar refractivity (Wildman–Crippen MR) is 92.1 cm³/mol. The van der Waals surface area contributed by atoms with Gasteiger partial charge in [-0.25, -0.2) is 17.8 Å². The van der Waals surface area contributed by atoms with Gasteiger partial charge in [0.2, 0.25) is 10.0 Å². The molecule has 0 atom stereocenters. The number of rotatable bonds is 5. The molecule has 1 aromatic heterocycles. The van der Waals surface area contributed by atoms with E-state index >= 15 is 0 Å². The standard InChI is InChI=1S/C17H24N4O2S/c1-17(2,3)13-7-9-16(10-8-13)24(22,23)18-11-14-12-21(20-19-14)15-5-4-6-15/h7-10,12,15,18H,4-6,11H2,1-3H3. The zero-order valence-electron chi connectivity index (χ0n) is 14.4. The fourth-order valence-corrected chi connectivity index (χ4v) is 3.61. The van der Waals surface area contributed by atoms with Crippen LogP contribution in [0.1, 0.15) is 57.3 Å². The smallest absolute Gasteiger partial charge is 0.240 e. The van der Waals surface area contributed by atoms with Gasteiger partial charge in [0, 0.05) is 0 Å². The molecule has 7 heteroatoms. The number of nitrogens with one attached hydrogen (secondary N) is 1. The monoisotopic (exact) mass is 348 g/mol. The summed E-state index contributed by atoms with van der Waals surface area (Å²) in [5, 5.41) is 8.13. The van der Waals surface area contributed by atoms with Gasteiger partial charge in [0.1, 0.15) is 0 Å². The fourth-order valence-electron chi connectivity index (χ4n) is 2.61. The Bertz CT molecular complexity index is 800. The first kappa shape index (κ1) is 17.1. The lowest BCUT2D eigenvalue weighted by molar-refractivity contribution is 0.284. The second-order valence-electron chi connectivity index (χ2n) is 7.37. The summed E-state index contributed by atoms with van der Waals surface area (Å²) in [5.74, 6) is 0. The molecule has 1 N–H and O–H groups in total. The maximum Gasteiger partial charge on any atom is 0.240 e. The molecule has 2 aromatic rings. The Morgan fingerprint density at radius 3 is 2.42 bits per heavy atom. The highest BCUT2D eigenvalue weighted by atomic mass is 32.2. The van der Waals surface area contributed by atoms with E-state index in [9.17, 15) is 8.42 Å². The molecule has 24 heavy (non-hydrogen) atoms. The zero-order valence-corrected chi connectivity index (χ0v) is 15.2. The molecule has 1 aromatic carbocycles. The Morgan fingerprint density at radius 2 is 1.88 bits per heavy atom. The normalized spacial score (nSPS) is 16.1. The maximum atomic E-state index is 12.4. The lowest BCUT2D eigenvalue weighted by Gasteiger charge is -2.24. The third-order valence-corrected chi connectivity index (χ3v) is 5.90. The van der Waals surface area contributed by atoms with Crippen molar-refractivity contribution in [2.75, 3.05) is 0 Å². The van der Waals surface area contributed by atoms with Crippen molar-refractivity contribution in [1.82, 2.24) is 19.7 Å². The van der Waals surface area contributed by atoms with E-state index in [4.69, 9.17) is 0 Å². The summed E-state index contributed by atoms with van der Waals surface area (Å²) in [6.45, 7) is 6.44. The van der Waals surface area contributed by atoms with Crippen LogP contribution in [0.3, 0.4) is 0 Å². The number of hydrogen-bond acceptors (Lipinski definition) is 4. The van der Waals surface area contributed by atoms with Crippen molar-refractivity contribution in [3.8, 4) is 0 Å². The van der Waals surface area contributed by atoms with Gasteiger partial charge < -0.3 is 0 Å². The molecule has 6 nitrogen and oxygen atoms in total. The van der Waals surface area contributed by atoms with E-state index in [0.717, 1.165) is 18.4 Å². The quantitative estimate of drug-likeness (QED) is 0.901. The maximum absolute atomic E-state index is 12.4. The van der Waals surface area contributed by atoms with E-state index in [1.165, 1.54) is 6.42 Å². The largest absolute Gasteiger partial charge is 0.249 e. The molecule has 0 saturated heterocycles. The minimum absolute atomic E-state index is 0.00422. The molecular formula is C17H24N4O2S. The summed E-state index contributed by atoms with van der Waals surface area (Å²) in [7, 11) is -3.55. The van der Waals surface area contributed by atoms with Crippen molar-refractivity contribution in [1.29, 1.82) is 0 Å². The molecule has 0 radical (unpaired) electrons. The third kappa shape index (κ3) is 3.67. The molecule has 1 aliphatic carbocycles. The predicted octanol–water partition coefficient (Wildman–Crippen LogP) is 2.78. The Kier molecular flexibility index (Phi) is 4.48. The van der Waals surface area contributed by atoms with Gasteiger partial charge in [-0.3, -0.25) is 0 Å². The minimum Gasteiger partial charge on any atom is -0.249 e. The highest BCUT2D eigenvalue weighted by Gasteiger charge is 2.21. The zero-order chi connectivity index (χ0) is 17.4. The first-order valence-electron chi connectivity index (χ1n) is 8.27. The summed E-state index contributed by atoms with van der Waals surface area (Å²) in [5.41, 5.74) is 1.73. The van der Waals surface area contributed by atoms with Gasteiger partial charge in [0.05, 0.1) is 29.4 Å². The second-order valence-corrected chi connectivity index (χ2v) is 9.14. The molecule has 1 fully saturated rings. The van der Waals surface area contributed by atoms with E-state index in [-0.39, 0.29) is 16.9 Å². The molecule has 0 unspecified atom stereocenters. The van der Waals surface area contributed by atoms with E-state index < -0.39 is 10.0 Å². The lowest BCUT2D eigenvalue weighted by Crippen LogP contribution is -2.23. The summed E-state index contributed by atoms with van der Waals surface area (Å²) in [4.78, 5) is 0.266. The van der Waals surface area contributed by atoms with Crippen molar-refractivity contribution in [3.05, 3.63) is 41.7 Å².